The fourth-order valence-electron chi connectivity index (χ4n) is 2.74. The predicted octanol–water partition coefficient (Wildman–Crippen LogP) is 4.38. The van der Waals surface area contributed by atoms with Crippen molar-refractivity contribution in [3.63, 3.8) is 0 Å². The summed E-state index contributed by atoms with van der Waals surface area (Å²) in [6.45, 7) is 1.89. The second-order valence-corrected chi connectivity index (χ2v) is 6.89. The molecule has 3 N–H and O–H groups in total. The first-order valence-corrected chi connectivity index (χ1v) is 9.60. The zero-order valence-electron chi connectivity index (χ0n) is 16.6. The normalized spacial score (nSPS) is 10.1. The Kier molecular flexibility index (Phi) is 6.77. The molecular formula is C23H21N3O3S. The van der Waals surface area contributed by atoms with Gasteiger partial charge in [-0.3, -0.25) is 14.9 Å². The lowest BCUT2D eigenvalue weighted by atomic mass is 10.1. The first-order valence-electron chi connectivity index (χ1n) is 9.19. The SMILES string of the molecule is COc1ccc(C(=O)NC(=S)Nc2ccc(NC(=O)c3ccccc3C)cc2)cc1. The van der Waals surface area contributed by atoms with Crippen LogP contribution in [0.2, 0.25) is 0 Å². The number of anilines is 2. The van der Waals surface area contributed by atoms with Crippen molar-refractivity contribution in [2.24, 2.45) is 0 Å². The van der Waals surface area contributed by atoms with E-state index in [4.69, 9.17) is 17.0 Å². The van der Waals surface area contributed by atoms with Gasteiger partial charge in [0.05, 0.1) is 7.11 Å². The molecule has 0 aliphatic carbocycles. The van der Waals surface area contributed by atoms with Crippen LogP contribution in [0.3, 0.4) is 0 Å². The van der Waals surface area contributed by atoms with Gasteiger partial charge in [0, 0.05) is 22.5 Å². The largest absolute Gasteiger partial charge is 0.497 e. The lowest BCUT2D eigenvalue weighted by Crippen LogP contribution is -2.34. The van der Waals surface area contributed by atoms with Gasteiger partial charge in [-0.1, -0.05) is 18.2 Å². The molecule has 0 radical (unpaired) electrons. The standard InChI is InChI=1S/C23H21N3O3S/c1-15-5-3-4-6-20(15)22(28)24-17-9-11-18(12-10-17)25-23(30)26-21(27)16-7-13-19(29-2)14-8-16/h3-14H,1-2H3,(H,24,28)(H2,25,26,27,30). The van der Waals surface area contributed by atoms with E-state index in [1.54, 1.807) is 61.7 Å². The number of rotatable bonds is 5. The van der Waals surface area contributed by atoms with Crippen molar-refractivity contribution >= 4 is 40.5 Å². The van der Waals surface area contributed by atoms with Crippen molar-refractivity contribution in [3.8, 4) is 5.75 Å². The zero-order valence-corrected chi connectivity index (χ0v) is 17.4. The summed E-state index contributed by atoms with van der Waals surface area (Å²) in [7, 11) is 1.56. The van der Waals surface area contributed by atoms with E-state index in [-0.39, 0.29) is 16.9 Å². The number of nitrogens with one attached hydrogen (secondary N) is 3. The number of carbonyl (C=O) groups excluding carboxylic acids is 2. The van der Waals surface area contributed by atoms with Gasteiger partial charge in [0.15, 0.2) is 5.11 Å². The second-order valence-electron chi connectivity index (χ2n) is 6.48. The van der Waals surface area contributed by atoms with E-state index in [9.17, 15) is 9.59 Å². The predicted molar refractivity (Wildman–Crippen MR) is 122 cm³/mol. The Labute approximate surface area is 180 Å². The number of amides is 2. The number of hydrogen-bond donors (Lipinski definition) is 3. The number of hydrogen-bond acceptors (Lipinski definition) is 4. The summed E-state index contributed by atoms with van der Waals surface area (Å²) >= 11 is 5.20. The Balaban J connectivity index is 1.55. The molecule has 6 nitrogen and oxygen atoms in total. The molecule has 0 saturated carbocycles. The van der Waals surface area contributed by atoms with Crippen LogP contribution >= 0.6 is 12.2 Å². The molecule has 0 unspecified atom stereocenters. The van der Waals surface area contributed by atoms with Crippen LogP contribution in [-0.4, -0.2) is 24.0 Å². The molecule has 0 aromatic heterocycles. The molecule has 0 spiro atoms. The summed E-state index contributed by atoms with van der Waals surface area (Å²) in [6.07, 6.45) is 0. The minimum absolute atomic E-state index is 0.170. The average molecular weight is 420 g/mol. The van der Waals surface area contributed by atoms with Gasteiger partial charge < -0.3 is 15.4 Å². The lowest BCUT2D eigenvalue weighted by molar-refractivity contribution is 0.0976. The minimum atomic E-state index is -0.322. The number of methoxy groups -OCH3 is 1. The van der Waals surface area contributed by atoms with E-state index < -0.39 is 0 Å². The highest BCUT2D eigenvalue weighted by Crippen LogP contribution is 2.16. The summed E-state index contributed by atoms with van der Waals surface area (Å²) in [5.41, 5.74) is 3.34. The zero-order chi connectivity index (χ0) is 21.5. The Bertz CT molecular complexity index is 1060. The molecule has 3 aromatic carbocycles. The Morgan fingerprint density at radius 3 is 2.00 bits per heavy atom. The molecule has 7 heteroatoms. The van der Waals surface area contributed by atoms with Gasteiger partial charge in [0.25, 0.3) is 11.8 Å². The number of thiocarbonyl (C=S) groups is 1. The third kappa shape index (κ3) is 5.42. The van der Waals surface area contributed by atoms with Crippen LogP contribution in [-0.2, 0) is 0 Å². The maximum Gasteiger partial charge on any atom is 0.257 e. The quantitative estimate of drug-likeness (QED) is 0.535. The van der Waals surface area contributed by atoms with Crippen molar-refractivity contribution < 1.29 is 14.3 Å². The van der Waals surface area contributed by atoms with Crippen LogP contribution in [0.5, 0.6) is 5.75 Å². The minimum Gasteiger partial charge on any atom is -0.497 e. The van der Waals surface area contributed by atoms with Gasteiger partial charge in [0.1, 0.15) is 5.75 Å². The summed E-state index contributed by atoms with van der Waals surface area (Å²) in [4.78, 5) is 24.6. The van der Waals surface area contributed by atoms with E-state index in [2.05, 4.69) is 16.0 Å². The third-order valence-corrected chi connectivity index (χ3v) is 4.57. The molecule has 152 valence electrons. The van der Waals surface area contributed by atoms with Crippen LogP contribution < -0.4 is 20.7 Å². The highest BCUT2D eigenvalue weighted by Gasteiger charge is 2.10. The summed E-state index contributed by atoms with van der Waals surface area (Å²) in [5, 5.41) is 8.61. The Morgan fingerprint density at radius 2 is 1.40 bits per heavy atom. The molecule has 0 saturated heterocycles. The monoisotopic (exact) mass is 419 g/mol. The Morgan fingerprint density at radius 1 is 0.800 bits per heavy atom. The number of aryl methyl sites for hydroxylation is 1. The van der Waals surface area contributed by atoms with Crippen molar-refractivity contribution in [3.05, 3.63) is 89.5 Å². The molecule has 3 rings (SSSR count). The van der Waals surface area contributed by atoms with Gasteiger partial charge in [-0.25, -0.2) is 0 Å². The van der Waals surface area contributed by atoms with Crippen LogP contribution in [0.4, 0.5) is 11.4 Å². The lowest BCUT2D eigenvalue weighted by Gasteiger charge is -2.11. The van der Waals surface area contributed by atoms with Crippen LogP contribution in [0, 0.1) is 6.92 Å². The Hall–Kier alpha value is -3.71. The molecule has 2 amide bonds. The van der Waals surface area contributed by atoms with Crippen LogP contribution in [0.25, 0.3) is 0 Å². The molecule has 3 aromatic rings. The summed E-state index contributed by atoms with van der Waals surface area (Å²) in [6, 6.07) is 21.2. The van der Waals surface area contributed by atoms with Crippen LogP contribution in [0.15, 0.2) is 72.8 Å². The van der Waals surface area contributed by atoms with Crippen molar-refractivity contribution in [2.45, 2.75) is 6.92 Å². The first kappa shape index (κ1) is 21.0. The third-order valence-electron chi connectivity index (χ3n) is 4.37. The number of benzene rings is 3. The molecular weight excluding hydrogens is 398 g/mol. The maximum atomic E-state index is 12.4. The average Bonchev–Trinajstić information content (AvgIpc) is 2.75. The topological polar surface area (TPSA) is 79.5 Å². The molecule has 30 heavy (non-hydrogen) atoms. The van der Waals surface area contributed by atoms with Gasteiger partial charge in [-0.05, 0) is 79.3 Å². The van der Waals surface area contributed by atoms with Crippen molar-refractivity contribution in [2.75, 3.05) is 17.7 Å². The van der Waals surface area contributed by atoms with Gasteiger partial charge >= 0.3 is 0 Å². The molecule has 0 heterocycles. The fourth-order valence-corrected chi connectivity index (χ4v) is 2.95. The van der Waals surface area contributed by atoms with Gasteiger partial charge in [-0.15, -0.1) is 0 Å². The molecule has 0 fully saturated rings. The smallest absolute Gasteiger partial charge is 0.257 e. The number of carbonyl (C=O) groups is 2. The molecule has 0 atom stereocenters. The van der Waals surface area contributed by atoms with E-state index >= 15 is 0 Å². The van der Waals surface area contributed by atoms with E-state index in [0.717, 1.165) is 5.56 Å². The van der Waals surface area contributed by atoms with E-state index in [1.165, 1.54) is 0 Å². The highest BCUT2D eigenvalue weighted by molar-refractivity contribution is 7.80. The fraction of sp³-hybridized carbons (Fsp3) is 0.0870. The second kappa shape index (κ2) is 9.67. The first-order chi connectivity index (χ1) is 14.5. The molecule has 0 bridgehead atoms. The highest BCUT2D eigenvalue weighted by atomic mass is 32.1. The molecule has 0 aliphatic rings. The maximum absolute atomic E-state index is 12.4. The summed E-state index contributed by atoms with van der Waals surface area (Å²) in [5.74, 6) is 0.176. The van der Waals surface area contributed by atoms with E-state index in [0.29, 0.717) is 28.3 Å². The van der Waals surface area contributed by atoms with Gasteiger partial charge in [0.2, 0.25) is 0 Å². The van der Waals surface area contributed by atoms with Gasteiger partial charge in [-0.2, -0.15) is 0 Å². The summed E-state index contributed by atoms with van der Waals surface area (Å²) < 4.78 is 5.08. The van der Waals surface area contributed by atoms with Crippen molar-refractivity contribution in [1.82, 2.24) is 5.32 Å². The van der Waals surface area contributed by atoms with E-state index in [1.807, 2.05) is 25.1 Å². The van der Waals surface area contributed by atoms with Crippen LogP contribution in [0.1, 0.15) is 26.3 Å². The number of ether oxygens (including phenoxy) is 1. The van der Waals surface area contributed by atoms with Crippen molar-refractivity contribution in [1.29, 1.82) is 0 Å². The molecule has 0 aliphatic heterocycles.